The van der Waals surface area contributed by atoms with Crippen LogP contribution in [0.25, 0.3) is 0 Å². The summed E-state index contributed by atoms with van der Waals surface area (Å²) < 4.78 is 0. The summed E-state index contributed by atoms with van der Waals surface area (Å²) in [7, 11) is 0. The highest BCUT2D eigenvalue weighted by atomic mass is 15.3. The Labute approximate surface area is 77.8 Å². The van der Waals surface area contributed by atoms with Crippen molar-refractivity contribution in [3.8, 4) is 11.8 Å². The van der Waals surface area contributed by atoms with Crippen molar-refractivity contribution in [1.82, 2.24) is 20.4 Å². The lowest BCUT2D eigenvalue weighted by molar-refractivity contribution is 0.570. The second-order valence-corrected chi connectivity index (χ2v) is 3.77. The van der Waals surface area contributed by atoms with Gasteiger partial charge in [0.05, 0.1) is 0 Å². The van der Waals surface area contributed by atoms with E-state index in [1.807, 2.05) is 20.8 Å². The Balaban J connectivity index is 2.85. The lowest BCUT2D eigenvalue weighted by Crippen LogP contribution is -2.02. The van der Waals surface area contributed by atoms with Crippen molar-refractivity contribution in [1.29, 1.82) is 0 Å². The fourth-order valence-electron chi connectivity index (χ4n) is 0.573. The smallest absolute Gasteiger partial charge is 0.131 e. The van der Waals surface area contributed by atoms with Gasteiger partial charge < -0.3 is 0 Å². The predicted molar refractivity (Wildman–Crippen MR) is 48.7 cm³/mol. The van der Waals surface area contributed by atoms with Crippen LogP contribution in [0, 0.1) is 24.2 Å². The van der Waals surface area contributed by atoms with Crippen LogP contribution in [0.2, 0.25) is 0 Å². The van der Waals surface area contributed by atoms with E-state index in [1.165, 1.54) is 0 Å². The molecular weight excluding hydrogens is 164 g/mol. The summed E-state index contributed by atoms with van der Waals surface area (Å²) in [6, 6.07) is 0. The molecular formula is C9H12N4. The van der Waals surface area contributed by atoms with Crippen LogP contribution in [0.15, 0.2) is 0 Å². The minimum Gasteiger partial charge on any atom is -0.131 e. The number of aromatic nitrogens is 4. The van der Waals surface area contributed by atoms with Crippen molar-refractivity contribution in [3.05, 3.63) is 11.6 Å². The molecule has 0 saturated carbocycles. The lowest BCUT2D eigenvalue weighted by Gasteiger charge is -2.06. The number of rotatable bonds is 0. The Morgan fingerprint density at radius 3 is 2.00 bits per heavy atom. The fraction of sp³-hybridized carbons (Fsp3) is 0.556. The minimum absolute atomic E-state index is 0.0474. The number of nitrogens with zero attached hydrogens (tertiary/aromatic N) is 4. The summed E-state index contributed by atoms with van der Waals surface area (Å²) in [5.74, 6) is 6.75. The first-order valence-corrected chi connectivity index (χ1v) is 4.04. The summed E-state index contributed by atoms with van der Waals surface area (Å²) in [6.45, 7) is 7.81. The average molecular weight is 176 g/mol. The molecule has 0 radical (unpaired) electrons. The van der Waals surface area contributed by atoms with Crippen molar-refractivity contribution < 1.29 is 0 Å². The molecule has 0 bridgehead atoms. The molecule has 4 heteroatoms. The van der Waals surface area contributed by atoms with Crippen LogP contribution in [0.3, 0.4) is 0 Å². The summed E-state index contributed by atoms with van der Waals surface area (Å²) in [5, 5.41) is 15.1. The number of aryl methyl sites for hydroxylation is 1. The fourth-order valence-corrected chi connectivity index (χ4v) is 0.573. The molecule has 0 fully saturated rings. The molecule has 0 unspecified atom stereocenters. The molecule has 0 spiro atoms. The largest absolute Gasteiger partial charge is 0.246 e. The first-order valence-electron chi connectivity index (χ1n) is 4.04. The minimum atomic E-state index is -0.0474. The van der Waals surface area contributed by atoms with E-state index in [0.717, 1.165) is 0 Å². The third kappa shape index (κ3) is 3.61. The average Bonchev–Trinajstić information content (AvgIpc) is 2.02. The maximum Gasteiger partial charge on any atom is 0.246 e. The van der Waals surface area contributed by atoms with Gasteiger partial charge in [-0.1, -0.05) is 5.92 Å². The van der Waals surface area contributed by atoms with Gasteiger partial charge in [0.1, 0.15) is 0 Å². The SMILES string of the molecule is Cc1nnc(C#CC(C)(C)C)nn1. The molecule has 0 atom stereocenters. The Bertz CT molecular complexity index is 337. The topological polar surface area (TPSA) is 51.6 Å². The molecule has 13 heavy (non-hydrogen) atoms. The molecule has 68 valence electrons. The van der Waals surface area contributed by atoms with E-state index in [9.17, 15) is 0 Å². The van der Waals surface area contributed by atoms with Gasteiger partial charge in [-0.15, -0.1) is 20.4 Å². The van der Waals surface area contributed by atoms with Crippen molar-refractivity contribution in [2.24, 2.45) is 5.41 Å². The van der Waals surface area contributed by atoms with Crippen LogP contribution in [0.5, 0.6) is 0 Å². The second-order valence-electron chi connectivity index (χ2n) is 3.77. The van der Waals surface area contributed by atoms with Gasteiger partial charge in [0.25, 0.3) is 0 Å². The van der Waals surface area contributed by atoms with E-state index < -0.39 is 0 Å². The van der Waals surface area contributed by atoms with Gasteiger partial charge in [0.2, 0.25) is 5.82 Å². The van der Waals surface area contributed by atoms with E-state index in [-0.39, 0.29) is 5.41 Å². The van der Waals surface area contributed by atoms with Crippen molar-refractivity contribution >= 4 is 0 Å². The zero-order valence-corrected chi connectivity index (χ0v) is 8.29. The Kier molecular flexibility index (Phi) is 2.57. The Hall–Kier alpha value is -1.50. The molecule has 0 amide bonds. The van der Waals surface area contributed by atoms with E-state index in [4.69, 9.17) is 0 Å². The zero-order valence-electron chi connectivity index (χ0n) is 8.29. The summed E-state index contributed by atoms with van der Waals surface area (Å²) in [4.78, 5) is 0. The molecule has 4 nitrogen and oxygen atoms in total. The van der Waals surface area contributed by atoms with E-state index in [1.54, 1.807) is 6.92 Å². The number of hydrogen-bond donors (Lipinski definition) is 0. The summed E-state index contributed by atoms with van der Waals surface area (Å²) in [5.41, 5.74) is -0.0474. The van der Waals surface area contributed by atoms with Gasteiger partial charge in [-0.25, -0.2) is 0 Å². The van der Waals surface area contributed by atoms with Crippen LogP contribution in [-0.4, -0.2) is 20.4 Å². The third-order valence-electron chi connectivity index (χ3n) is 1.13. The van der Waals surface area contributed by atoms with Crippen LogP contribution < -0.4 is 0 Å². The quantitative estimate of drug-likeness (QED) is 0.553. The van der Waals surface area contributed by atoms with Crippen LogP contribution in [-0.2, 0) is 0 Å². The van der Waals surface area contributed by atoms with Gasteiger partial charge in [-0.05, 0) is 33.6 Å². The lowest BCUT2D eigenvalue weighted by atomic mass is 9.98. The van der Waals surface area contributed by atoms with Crippen molar-refractivity contribution in [3.63, 3.8) is 0 Å². The van der Waals surface area contributed by atoms with Crippen LogP contribution in [0.4, 0.5) is 0 Å². The molecule has 1 rings (SSSR count). The van der Waals surface area contributed by atoms with Gasteiger partial charge in [0, 0.05) is 5.41 Å². The molecule has 1 heterocycles. The molecule has 1 aromatic heterocycles. The molecule has 1 aromatic rings. The van der Waals surface area contributed by atoms with E-state index >= 15 is 0 Å². The van der Waals surface area contributed by atoms with Gasteiger partial charge in [-0.3, -0.25) is 0 Å². The van der Waals surface area contributed by atoms with Gasteiger partial charge in [-0.2, -0.15) is 0 Å². The maximum atomic E-state index is 3.78. The van der Waals surface area contributed by atoms with E-state index in [0.29, 0.717) is 11.6 Å². The second kappa shape index (κ2) is 3.48. The van der Waals surface area contributed by atoms with Crippen molar-refractivity contribution in [2.75, 3.05) is 0 Å². The van der Waals surface area contributed by atoms with Gasteiger partial charge in [0.15, 0.2) is 5.82 Å². The van der Waals surface area contributed by atoms with Crippen LogP contribution >= 0.6 is 0 Å². The monoisotopic (exact) mass is 176 g/mol. The highest BCUT2D eigenvalue weighted by molar-refractivity contribution is 5.20. The molecule has 0 saturated heterocycles. The maximum absolute atomic E-state index is 3.78. The third-order valence-corrected chi connectivity index (χ3v) is 1.13. The summed E-state index contributed by atoms with van der Waals surface area (Å²) >= 11 is 0. The highest BCUT2D eigenvalue weighted by Gasteiger charge is 2.03. The molecule has 0 aromatic carbocycles. The summed E-state index contributed by atoms with van der Waals surface area (Å²) in [6.07, 6.45) is 0. The Morgan fingerprint density at radius 1 is 1.00 bits per heavy atom. The molecule has 0 aliphatic rings. The number of hydrogen-bond acceptors (Lipinski definition) is 4. The first kappa shape index (κ1) is 9.59. The predicted octanol–water partition coefficient (Wildman–Crippen LogP) is 0.973. The van der Waals surface area contributed by atoms with Crippen LogP contribution in [0.1, 0.15) is 32.4 Å². The van der Waals surface area contributed by atoms with Gasteiger partial charge >= 0.3 is 0 Å². The zero-order chi connectivity index (χ0) is 9.90. The molecule has 0 N–H and O–H groups in total. The first-order chi connectivity index (χ1) is 5.97. The molecule has 0 aliphatic carbocycles. The normalized spacial score (nSPS) is 10.5. The standard InChI is InChI=1S/C9H12N4/c1-7-10-12-8(13-11-7)5-6-9(2,3)4/h1-4H3. The van der Waals surface area contributed by atoms with Crippen molar-refractivity contribution in [2.45, 2.75) is 27.7 Å². The molecule has 0 aliphatic heterocycles. The highest BCUT2D eigenvalue weighted by Crippen LogP contribution is 2.09. The Morgan fingerprint density at radius 2 is 1.54 bits per heavy atom. The van der Waals surface area contributed by atoms with E-state index in [2.05, 4.69) is 32.2 Å².